The molecule has 6 atom stereocenters. The second kappa shape index (κ2) is 10.5. The van der Waals surface area contributed by atoms with Gasteiger partial charge in [0, 0.05) is 12.5 Å². The Hall–Kier alpha value is -1.83. The quantitative estimate of drug-likeness (QED) is 0.431. The van der Waals surface area contributed by atoms with Gasteiger partial charge >= 0.3 is 6.09 Å². The summed E-state index contributed by atoms with van der Waals surface area (Å²) >= 11 is 0. The molecule has 0 saturated heterocycles. The maximum Gasteiger partial charge on any atom is 0.405 e. The number of carbonyl (C=O) groups excluding carboxylic acids is 2. The lowest BCUT2D eigenvalue weighted by atomic mass is 9.70. The van der Waals surface area contributed by atoms with Gasteiger partial charge in [-0.1, -0.05) is 27.2 Å². The van der Waals surface area contributed by atoms with Gasteiger partial charge < -0.3 is 26.2 Å². The molecule has 1 aliphatic carbocycles. The van der Waals surface area contributed by atoms with Gasteiger partial charge in [0.2, 0.25) is 11.8 Å². The minimum Gasteiger partial charge on any atom is -0.465 e. The Kier molecular flexibility index (Phi) is 9.02. The molecule has 5 N–H and O–H groups in total. The van der Waals surface area contributed by atoms with Gasteiger partial charge in [0.1, 0.15) is 6.04 Å². The van der Waals surface area contributed by atoms with Gasteiger partial charge in [-0.25, -0.2) is 4.79 Å². The largest absolute Gasteiger partial charge is 0.465 e. The smallest absolute Gasteiger partial charge is 0.405 e. The molecule has 0 aromatic heterocycles. The third-order valence-corrected chi connectivity index (χ3v) is 5.50. The van der Waals surface area contributed by atoms with Gasteiger partial charge in [-0.3, -0.25) is 9.59 Å². The summed E-state index contributed by atoms with van der Waals surface area (Å²) in [6, 6.07) is -1.65. The van der Waals surface area contributed by atoms with Crippen molar-refractivity contribution in [1.82, 2.24) is 16.0 Å². The van der Waals surface area contributed by atoms with E-state index in [9.17, 15) is 19.5 Å². The van der Waals surface area contributed by atoms with Crippen molar-refractivity contribution in [3.05, 3.63) is 0 Å². The van der Waals surface area contributed by atoms with E-state index < -0.39 is 30.2 Å². The number of nitrogens with one attached hydrogen (secondary N) is 3. The first-order valence-electron chi connectivity index (χ1n) is 9.78. The minimum atomic E-state index is -1.30. The highest BCUT2D eigenvalue weighted by Gasteiger charge is 2.35. The van der Waals surface area contributed by atoms with Crippen LogP contribution in [0.2, 0.25) is 0 Å². The lowest BCUT2D eigenvalue weighted by molar-refractivity contribution is -0.130. The molecular formula is C19H35N3O5. The van der Waals surface area contributed by atoms with Crippen molar-refractivity contribution in [3.63, 3.8) is 0 Å². The molecule has 1 saturated carbocycles. The molecule has 0 spiro atoms. The highest BCUT2D eigenvalue weighted by molar-refractivity contribution is 5.85. The third-order valence-electron chi connectivity index (χ3n) is 5.50. The molecule has 0 aliphatic heterocycles. The van der Waals surface area contributed by atoms with Crippen molar-refractivity contribution < 1.29 is 24.6 Å². The van der Waals surface area contributed by atoms with Crippen LogP contribution in [0.4, 0.5) is 4.79 Å². The van der Waals surface area contributed by atoms with Crippen LogP contribution in [0.3, 0.4) is 0 Å². The number of carbonyl (C=O) groups is 3. The molecule has 3 amide bonds. The van der Waals surface area contributed by atoms with Crippen molar-refractivity contribution in [2.24, 2.45) is 23.7 Å². The summed E-state index contributed by atoms with van der Waals surface area (Å²) in [5.41, 5.74) is 0. The standard InChI is InChI=1S/C19H35N3O5/c1-10(2)14-7-6-11(3)8-15(14)18(25)20-9-16(13(5)23)22-17(24)12(4)21-19(26)27/h10-16,21,23H,6-9H2,1-5H3,(H,20,25)(H,22,24)(H,26,27)/t11-,12+,13-,14+,15-,16?/m1/s1. The number of hydrogen-bond acceptors (Lipinski definition) is 4. The Morgan fingerprint density at radius 3 is 2.22 bits per heavy atom. The molecule has 0 bridgehead atoms. The van der Waals surface area contributed by atoms with E-state index in [0.717, 1.165) is 19.3 Å². The second-order valence-electron chi connectivity index (χ2n) is 8.20. The van der Waals surface area contributed by atoms with Crippen LogP contribution < -0.4 is 16.0 Å². The second-order valence-corrected chi connectivity index (χ2v) is 8.20. The van der Waals surface area contributed by atoms with E-state index in [2.05, 4.69) is 36.7 Å². The van der Waals surface area contributed by atoms with E-state index >= 15 is 0 Å². The first-order chi connectivity index (χ1) is 12.5. The lowest BCUT2D eigenvalue weighted by Crippen LogP contribution is -2.55. The molecule has 1 fully saturated rings. The fraction of sp³-hybridized carbons (Fsp3) is 0.842. The molecular weight excluding hydrogens is 350 g/mol. The van der Waals surface area contributed by atoms with E-state index in [1.165, 1.54) is 13.8 Å². The van der Waals surface area contributed by atoms with Gasteiger partial charge in [-0.2, -0.15) is 0 Å². The zero-order valence-corrected chi connectivity index (χ0v) is 17.0. The molecule has 1 aliphatic rings. The minimum absolute atomic E-state index is 0.0446. The maximum absolute atomic E-state index is 12.8. The van der Waals surface area contributed by atoms with Crippen LogP contribution in [0.5, 0.6) is 0 Å². The van der Waals surface area contributed by atoms with Crippen LogP contribution in [-0.4, -0.2) is 52.9 Å². The molecule has 27 heavy (non-hydrogen) atoms. The van der Waals surface area contributed by atoms with Crippen LogP contribution in [0.25, 0.3) is 0 Å². The van der Waals surface area contributed by atoms with Crippen molar-refractivity contribution in [1.29, 1.82) is 0 Å². The lowest BCUT2D eigenvalue weighted by Gasteiger charge is -2.36. The molecule has 0 aromatic rings. The Balaban J connectivity index is 2.65. The van der Waals surface area contributed by atoms with Crippen molar-refractivity contribution in [2.75, 3.05) is 6.54 Å². The average molecular weight is 386 g/mol. The first kappa shape index (κ1) is 23.2. The Morgan fingerprint density at radius 2 is 1.70 bits per heavy atom. The average Bonchev–Trinajstić information content (AvgIpc) is 2.56. The first-order valence-corrected chi connectivity index (χ1v) is 9.78. The summed E-state index contributed by atoms with van der Waals surface area (Å²) in [5.74, 6) is 0.599. The van der Waals surface area contributed by atoms with E-state index in [0.29, 0.717) is 17.8 Å². The van der Waals surface area contributed by atoms with Crippen LogP contribution in [0.15, 0.2) is 0 Å². The number of aliphatic hydroxyl groups is 1. The van der Waals surface area contributed by atoms with Gasteiger partial charge in [0.25, 0.3) is 0 Å². The highest BCUT2D eigenvalue weighted by atomic mass is 16.4. The number of hydrogen-bond donors (Lipinski definition) is 5. The van der Waals surface area contributed by atoms with Crippen LogP contribution in [-0.2, 0) is 9.59 Å². The normalized spacial score (nSPS) is 26.0. The summed E-state index contributed by atoms with van der Waals surface area (Å²) in [5, 5.41) is 26.1. The summed E-state index contributed by atoms with van der Waals surface area (Å²) in [6.07, 6.45) is 0.822. The van der Waals surface area contributed by atoms with Crippen LogP contribution >= 0.6 is 0 Å². The van der Waals surface area contributed by atoms with Crippen LogP contribution in [0, 0.1) is 23.7 Å². The van der Waals surface area contributed by atoms with Gasteiger partial charge in [-0.15, -0.1) is 0 Å². The van der Waals surface area contributed by atoms with E-state index in [-0.39, 0.29) is 18.4 Å². The molecule has 1 unspecified atom stereocenters. The molecule has 0 radical (unpaired) electrons. The Labute approximate surface area is 161 Å². The van der Waals surface area contributed by atoms with E-state index in [1.54, 1.807) is 0 Å². The Bertz CT molecular complexity index is 523. The predicted molar refractivity (Wildman–Crippen MR) is 102 cm³/mol. The maximum atomic E-state index is 12.8. The number of aliphatic hydroxyl groups excluding tert-OH is 1. The molecule has 156 valence electrons. The van der Waals surface area contributed by atoms with Crippen LogP contribution in [0.1, 0.15) is 53.9 Å². The summed E-state index contributed by atoms with van der Waals surface area (Å²) in [7, 11) is 0. The molecule has 0 aromatic carbocycles. The van der Waals surface area contributed by atoms with Crippen molar-refractivity contribution in [3.8, 4) is 0 Å². The third kappa shape index (κ3) is 7.36. The molecule has 8 nitrogen and oxygen atoms in total. The summed E-state index contributed by atoms with van der Waals surface area (Å²) in [6.45, 7) is 9.46. The topological polar surface area (TPSA) is 128 Å². The number of rotatable bonds is 8. The van der Waals surface area contributed by atoms with Crippen molar-refractivity contribution in [2.45, 2.75) is 72.1 Å². The summed E-state index contributed by atoms with van der Waals surface area (Å²) < 4.78 is 0. The van der Waals surface area contributed by atoms with Gasteiger partial charge in [0.15, 0.2) is 0 Å². The van der Waals surface area contributed by atoms with Crippen molar-refractivity contribution >= 4 is 17.9 Å². The molecule has 0 heterocycles. The monoisotopic (exact) mass is 385 g/mol. The van der Waals surface area contributed by atoms with E-state index in [4.69, 9.17) is 5.11 Å². The predicted octanol–water partition coefficient (Wildman–Crippen LogP) is 1.33. The fourth-order valence-corrected chi connectivity index (χ4v) is 3.75. The SMILES string of the molecule is CC(C)[C@@H]1CC[C@@H](C)C[C@H]1C(=O)NCC(NC(=O)[C@H](C)NC(=O)O)[C@@H](C)O. The highest BCUT2D eigenvalue weighted by Crippen LogP contribution is 2.38. The van der Waals surface area contributed by atoms with Gasteiger partial charge in [0.05, 0.1) is 12.1 Å². The summed E-state index contributed by atoms with van der Waals surface area (Å²) in [4.78, 5) is 35.5. The number of carboxylic acid groups (broad SMARTS) is 1. The molecule has 1 rings (SSSR count). The fourth-order valence-electron chi connectivity index (χ4n) is 3.75. The zero-order valence-electron chi connectivity index (χ0n) is 17.0. The zero-order chi connectivity index (χ0) is 20.7. The number of amides is 3. The Morgan fingerprint density at radius 1 is 1.07 bits per heavy atom. The molecule has 8 heteroatoms. The van der Waals surface area contributed by atoms with E-state index in [1.807, 2.05) is 0 Å². The van der Waals surface area contributed by atoms with Gasteiger partial charge in [-0.05, 0) is 44.4 Å².